The maximum atomic E-state index is 5.69. The Bertz CT molecular complexity index is 523. The molecule has 0 radical (unpaired) electrons. The lowest BCUT2D eigenvalue weighted by molar-refractivity contribution is 0.465. The Balaban J connectivity index is 1.50. The molecule has 2 aromatic rings. The van der Waals surface area contributed by atoms with E-state index >= 15 is 0 Å². The number of hydrogen-bond donors (Lipinski definition) is 1. The first kappa shape index (κ1) is 13.6. The van der Waals surface area contributed by atoms with E-state index in [4.69, 9.17) is 4.42 Å². The molecule has 1 aliphatic rings. The van der Waals surface area contributed by atoms with Gasteiger partial charge in [0, 0.05) is 30.3 Å². The lowest BCUT2D eigenvalue weighted by Crippen LogP contribution is -2.35. The van der Waals surface area contributed by atoms with Crippen LogP contribution >= 0.6 is 11.8 Å². The van der Waals surface area contributed by atoms with Gasteiger partial charge in [0.25, 0.3) is 0 Å². The molecule has 1 fully saturated rings. The van der Waals surface area contributed by atoms with E-state index in [2.05, 4.69) is 15.5 Å². The van der Waals surface area contributed by atoms with Crippen LogP contribution in [0.2, 0.25) is 0 Å². The van der Waals surface area contributed by atoms with E-state index in [9.17, 15) is 0 Å². The summed E-state index contributed by atoms with van der Waals surface area (Å²) in [4.78, 5) is 0. The van der Waals surface area contributed by atoms with Gasteiger partial charge in [0.1, 0.15) is 0 Å². The van der Waals surface area contributed by atoms with Crippen LogP contribution in [0.3, 0.4) is 0 Å². The van der Waals surface area contributed by atoms with Crippen LogP contribution in [0, 0.1) is 0 Å². The third-order valence-corrected chi connectivity index (χ3v) is 4.64. The Morgan fingerprint density at radius 2 is 2.15 bits per heavy atom. The van der Waals surface area contributed by atoms with Crippen LogP contribution < -0.4 is 5.32 Å². The third-order valence-electron chi connectivity index (χ3n) is 3.42. The maximum absolute atomic E-state index is 5.69. The summed E-state index contributed by atoms with van der Waals surface area (Å²) >= 11 is 2.04. The number of hydrogen-bond acceptors (Lipinski definition) is 5. The molecule has 4 nitrogen and oxygen atoms in total. The molecule has 1 aromatic carbocycles. The minimum atomic E-state index is 0.605. The second-order valence-electron chi connectivity index (χ2n) is 4.99. The van der Waals surface area contributed by atoms with E-state index in [1.54, 1.807) is 0 Å². The number of benzene rings is 1. The smallest absolute Gasteiger partial charge is 0.247 e. The van der Waals surface area contributed by atoms with Gasteiger partial charge in [0.15, 0.2) is 0 Å². The summed E-state index contributed by atoms with van der Waals surface area (Å²) in [6.07, 6.45) is 3.40. The predicted octanol–water partition coefficient (Wildman–Crippen LogP) is 2.76. The number of aromatic nitrogens is 2. The summed E-state index contributed by atoms with van der Waals surface area (Å²) in [7, 11) is 0. The van der Waals surface area contributed by atoms with Crippen LogP contribution in [0.5, 0.6) is 0 Å². The van der Waals surface area contributed by atoms with Crippen molar-refractivity contribution in [2.45, 2.75) is 25.3 Å². The molecule has 0 amide bonds. The molecule has 5 heteroatoms. The highest BCUT2D eigenvalue weighted by atomic mass is 32.2. The molecule has 1 aliphatic heterocycles. The maximum Gasteiger partial charge on any atom is 0.247 e. The Morgan fingerprint density at radius 1 is 1.25 bits per heavy atom. The minimum Gasteiger partial charge on any atom is -0.421 e. The van der Waals surface area contributed by atoms with Crippen molar-refractivity contribution in [3.05, 3.63) is 36.2 Å². The van der Waals surface area contributed by atoms with Crippen LogP contribution in [-0.2, 0) is 6.42 Å². The van der Waals surface area contributed by atoms with Crippen molar-refractivity contribution in [2.75, 3.05) is 18.1 Å². The molecular weight excluding hydrogens is 270 g/mol. The molecule has 1 saturated heterocycles. The van der Waals surface area contributed by atoms with Crippen LogP contribution in [0.1, 0.15) is 18.7 Å². The van der Waals surface area contributed by atoms with Crippen molar-refractivity contribution < 1.29 is 4.42 Å². The van der Waals surface area contributed by atoms with E-state index in [0.717, 1.165) is 18.5 Å². The van der Waals surface area contributed by atoms with E-state index < -0.39 is 0 Å². The Kier molecular flexibility index (Phi) is 4.71. The molecule has 1 aromatic heterocycles. The van der Waals surface area contributed by atoms with Crippen molar-refractivity contribution in [1.29, 1.82) is 0 Å². The molecule has 20 heavy (non-hydrogen) atoms. The van der Waals surface area contributed by atoms with Crippen molar-refractivity contribution in [1.82, 2.24) is 15.5 Å². The Hall–Kier alpha value is -1.33. The molecule has 106 valence electrons. The Morgan fingerprint density at radius 3 is 2.95 bits per heavy atom. The largest absolute Gasteiger partial charge is 0.421 e. The molecule has 1 atom stereocenters. The second-order valence-corrected chi connectivity index (χ2v) is 6.13. The van der Waals surface area contributed by atoms with Gasteiger partial charge in [0.2, 0.25) is 11.8 Å². The molecule has 2 heterocycles. The lowest BCUT2D eigenvalue weighted by atomic mass is 10.2. The van der Waals surface area contributed by atoms with Gasteiger partial charge in [-0.15, -0.1) is 10.2 Å². The van der Waals surface area contributed by atoms with Gasteiger partial charge < -0.3 is 9.73 Å². The van der Waals surface area contributed by atoms with E-state index in [1.807, 2.05) is 42.1 Å². The van der Waals surface area contributed by atoms with E-state index in [1.165, 1.54) is 24.3 Å². The molecule has 0 bridgehead atoms. The van der Waals surface area contributed by atoms with Gasteiger partial charge in [-0.05, 0) is 30.7 Å². The second kappa shape index (κ2) is 6.90. The van der Waals surface area contributed by atoms with E-state index in [-0.39, 0.29) is 0 Å². The average molecular weight is 289 g/mol. The quantitative estimate of drug-likeness (QED) is 0.917. The molecular formula is C15H19N3OS. The molecule has 0 aliphatic carbocycles. The van der Waals surface area contributed by atoms with Crippen LogP contribution in [0.4, 0.5) is 0 Å². The van der Waals surface area contributed by atoms with Crippen LogP contribution in [0.25, 0.3) is 11.5 Å². The first-order chi connectivity index (χ1) is 9.92. The van der Waals surface area contributed by atoms with Crippen molar-refractivity contribution >= 4 is 11.8 Å². The highest BCUT2D eigenvalue weighted by Crippen LogP contribution is 2.18. The van der Waals surface area contributed by atoms with Crippen molar-refractivity contribution in [3.63, 3.8) is 0 Å². The zero-order chi connectivity index (χ0) is 13.6. The SMILES string of the molecule is c1ccc(-c2nnc(CCN[C@@H]3CCCSC3)o2)cc1. The van der Waals surface area contributed by atoms with Gasteiger partial charge >= 0.3 is 0 Å². The normalized spacial score (nSPS) is 19.1. The standard InChI is InChI=1S/C15H19N3OS/c1-2-5-12(6-3-1)15-18-17-14(19-15)8-9-16-13-7-4-10-20-11-13/h1-3,5-6,13,16H,4,7-11H2/t13-/m1/s1. The number of rotatable bonds is 5. The average Bonchev–Trinajstić information content (AvgIpc) is 2.98. The molecule has 0 spiro atoms. The highest BCUT2D eigenvalue weighted by molar-refractivity contribution is 7.99. The summed E-state index contributed by atoms with van der Waals surface area (Å²) in [5.74, 6) is 3.84. The van der Waals surface area contributed by atoms with Gasteiger partial charge in [-0.2, -0.15) is 11.8 Å². The van der Waals surface area contributed by atoms with Gasteiger partial charge in [0.05, 0.1) is 0 Å². The zero-order valence-electron chi connectivity index (χ0n) is 11.4. The zero-order valence-corrected chi connectivity index (χ0v) is 12.2. The van der Waals surface area contributed by atoms with Gasteiger partial charge in [-0.1, -0.05) is 18.2 Å². The van der Waals surface area contributed by atoms with Gasteiger partial charge in [-0.3, -0.25) is 0 Å². The lowest BCUT2D eigenvalue weighted by Gasteiger charge is -2.22. The van der Waals surface area contributed by atoms with Crippen LogP contribution in [0.15, 0.2) is 34.7 Å². The van der Waals surface area contributed by atoms with Crippen LogP contribution in [-0.4, -0.2) is 34.3 Å². The summed E-state index contributed by atoms with van der Waals surface area (Å²) in [6.45, 7) is 0.904. The Labute approximate surface area is 123 Å². The fourth-order valence-corrected chi connectivity index (χ4v) is 3.44. The number of nitrogens with zero attached hydrogens (tertiary/aromatic N) is 2. The topological polar surface area (TPSA) is 51.0 Å². The monoisotopic (exact) mass is 289 g/mol. The predicted molar refractivity (Wildman–Crippen MR) is 81.8 cm³/mol. The fraction of sp³-hybridized carbons (Fsp3) is 0.467. The molecule has 1 N–H and O–H groups in total. The summed E-state index contributed by atoms with van der Waals surface area (Å²) < 4.78 is 5.69. The highest BCUT2D eigenvalue weighted by Gasteiger charge is 2.13. The molecule has 0 unspecified atom stereocenters. The molecule has 3 rings (SSSR count). The van der Waals surface area contributed by atoms with Crippen molar-refractivity contribution in [3.8, 4) is 11.5 Å². The fourth-order valence-electron chi connectivity index (χ4n) is 2.34. The summed E-state index contributed by atoms with van der Waals surface area (Å²) in [6, 6.07) is 10.5. The van der Waals surface area contributed by atoms with E-state index in [0.29, 0.717) is 17.8 Å². The summed E-state index contributed by atoms with van der Waals surface area (Å²) in [5.41, 5.74) is 0.975. The minimum absolute atomic E-state index is 0.605. The third kappa shape index (κ3) is 3.61. The first-order valence-corrected chi connectivity index (χ1v) is 8.26. The number of nitrogens with one attached hydrogen (secondary N) is 1. The molecule has 0 saturated carbocycles. The first-order valence-electron chi connectivity index (χ1n) is 7.11. The van der Waals surface area contributed by atoms with Crippen molar-refractivity contribution in [2.24, 2.45) is 0 Å². The number of thioether (sulfide) groups is 1. The summed E-state index contributed by atoms with van der Waals surface area (Å²) in [5, 5.41) is 11.8. The van der Waals surface area contributed by atoms with Gasteiger partial charge in [-0.25, -0.2) is 0 Å².